The van der Waals surface area contributed by atoms with Crippen LogP contribution in [0.5, 0.6) is 5.75 Å². The van der Waals surface area contributed by atoms with Crippen molar-refractivity contribution in [2.75, 3.05) is 6.54 Å². The van der Waals surface area contributed by atoms with E-state index in [2.05, 4.69) is 78.7 Å². The number of benzene rings is 2. The van der Waals surface area contributed by atoms with Crippen LogP contribution in [0.15, 0.2) is 66.2 Å². The minimum Gasteiger partial charge on any atom is -0.488 e. The van der Waals surface area contributed by atoms with Gasteiger partial charge in [-0.05, 0) is 44.9 Å². The number of rotatable bonds is 8. The normalized spacial score (nSPS) is 11.6. The molecule has 172 valence electrons. The molecule has 3 rings (SSSR count). The van der Waals surface area contributed by atoms with E-state index in [0.717, 1.165) is 29.4 Å². The molecular weight excluding hydrogens is 515 g/mol. The van der Waals surface area contributed by atoms with E-state index in [0.29, 0.717) is 19.6 Å². The maximum Gasteiger partial charge on any atom is 0.191 e. The molecule has 8 heteroatoms. The number of nitrogens with zero attached hydrogens (tertiary/aromatic N) is 4. The zero-order chi connectivity index (χ0) is 22.1. The number of para-hydroxylation sites is 1. The Balaban J connectivity index is 0.00000363. The predicted molar refractivity (Wildman–Crippen MR) is 139 cm³/mol. The Kier molecular flexibility index (Phi) is 9.96. The maximum atomic E-state index is 6.10. The van der Waals surface area contributed by atoms with Gasteiger partial charge in [-0.15, -0.1) is 24.0 Å². The van der Waals surface area contributed by atoms with Gasteiger partial charge >= 0.3 is 0 Å². The summed E-state index contributed by atoms with van der Waals surface area (Å²) in [5.41, 5.74) is 3.17. The number of halogens is 1. The van der Waals surface area contributed by atoms with Crippen molar-refractivity contribution in [3.63, 3.8) is 0 Å². The van der Waals surface area contributed by atoms with E-state index in [-0.39, 0.29) is 29.6 Å². The fourth-order valence-electron chi connectivity index (χ4n) is 3.10. The van der Waals surface area contributed by atoms with Crippen molar-refractivity contribution in [2.24, 2.45) is 4.99 Å². The molecule has 0 atom stereocenters. The molecule has 2 N–H and O–H groups in total. The molecule has 2 aromatic carbocycles. The third kappa shape index (κ3) is 8.49. The minimum atomic E-state index is -0.244. The number of hydrogen-bond donors (Lipinski definition) is 2. The first kappa shape index (κ1) is 25.6. The van der Waals surface area contributed by atoms with Crippen molar-refractivity contribution >= 4 is 29.9 Å². The summed E-state index contributed by atoms with van der Waals surface area (Å²) in [6.45, 7) is 10.9. The van der Waals surface area contributed by atoms with Gasteiger partial charge in [-0.2, -0.15) is 5.10 Å². The van der Waals surface area contributed by atoms with Crippen LogP contribution in [0.4, 0.5) is 0 Å². The Labute approximate surface area is 207 Å². The lowest BCUT2D eigenvalue weighted by Crippen LogP contribution is -2.37. The molecule has 0 fully saturated rings. The van der Waals surface area contributed by atoms with Crippen LogP contribution in [0, 0.1) is 0 Å². The van der Waals surface area contributed by atoms with E-state index in [9.17, 15) is 0 Å². The molecule has 0 amide bonds. The first-order valence-corrected chi connectivity index (χ1v) is 10.6. The van der Waals surface area contributed by atoms with Crippen LogP contribution in [-0.2, 0) is 19.6 Å². The van der Waals surface area contributed by atoms with Gasteiger partial charge in [0.1, 0.15) is 24.0 Å². The molecule has 0 saturated heterocycles. The lowest BCUT2D eigenvalue weighted by molar-refractivity contribution is 0.129. The Hall–Kier alpha value is -2.62. The molecule has 1 heterocycles. The molecule has 7 nitrogen and oxygen atoms in total. The summed E-state index contributed by atoms with van der Waals surface area (Å²) in [6, 6.07) is 16.5. The molecule has 1 aromatic heterocycles. The lowest BCUT2D eigenvalue weighted by Gasteiger charge is -2.23. The van der Waals surface area contributed by atoms with E-state index in [1.54, 1.807) is 12.7 Å². The van der Waals surface area contributed by atoms with Gasteiger partial charge in [0, 0.05) is 18.7 Å². The number of hydrogen-bond acceptors (Lipinski definition) is 4. The molecule has 32 heavy (non-hydrogen) atoms. The summed E-state index contributed by atoms with van der Waals surface area (Å²) in [5.74, 6) is 1.66. The first-order chi connectivity index (χ1) is 14.9. The highest BCUT2D eigenvalue weighted by Gasteiger charge is 2.14. The Morgan fingerprint density at radius 3 is 2.56 bits per heavy atom. The van der Waals surface area contributed by atoms with Gasteiger partial charge in [-0.25, -0.2) is 14.7 Å². The first-order valence-electron chi connectivity index (χ1n) is 10.6. The highest BCUT2D eigenvalue weighted by molar-refractivity contribution is 14.0. The fraction of sp³-hybridized carbons (Fsp3) is 0.375. The molecule has 0 saturated carbocycles. The topological polar surface area (TPSA) is 76.4 Å². The number of guanidine groups is 1. The second kappa shape index (κ2) is 12.4. The third-order valence-electron chi connectivity index (χ3n) is 4.40. The maximum absolute atomic E-state index is 6.10. The van der Waals surface area contributed by atoms with Crippen molar-refractivity contribution in [1.82, 2.24) is 25.4 Å². The van der Waals surface area contributed by atoms with Crippen LogP contribution in [0.1, 0.15) is 44.4 Å². The van der Waals surface area contributed by atoms with Gasteiger partial charge in [-0.3, -0.25) is 0 Å². The summed E-state index contributed by atoms with van der Waals surface area (Å²) in [4.78, 5) is 8.76. The second-order valence-corrected chi connectivity index (χ2v) is 8.28. The summed E-state index contributed by atoms with van der Waals surface area (Å²) in [5, 5.41) is 10.9. The van der Waals surface area contributed by atoms with Gasteiger partial charge in [0.15, 0.2) is 5.96 Å². The molecule has 3 aromatic rings. The van der Waals surface area contributed by atoms with Gasteiger partial charge in [-0.1, -0.05) is 42.5 Å². The Morgan fingerprint density at radius 1 is 1.06 bits per heavy atom. The molecule has 0 aliphatic rings. The zero-order valence-electron chi connectivity index (χ0n) is 19.2. The molecule has 0 radical (unpaired) electrons. The van der Waals surface area contributed by atoms with E-state index in [4.69, 9.17) is 9.73 Å². The van der Waals surface area contributed by atoms with Crippen molar-refractivity contribution in [1.29, 1.82) is 0 Å². The summed E-state index contributed by atoms with van der Waals surface area (Å²) < 4.78 is 7.91. The van der Waals surface area contributed by atoms with Gasteiger partial charge < -0.3 is 15.4 Å². The fourth-order valence-corrected chi connectivity index (χ4v) is 3.10. The van der Waals surface area contributed by atoms with Crippen LogP contribution in [0.3, 0.4) is 0 Å². The lowest BCUT2D eigenvalue weighted by atomic mass is 10.1. The van der Waals surface area contributed by atoms with Crippen molar-refractivity contribution in [2.45, 2.75) is 52.9 Å². The quantitative estimate of drug-likeness (QED) is 0.248. The highest BCUT2D eigenvalue weighted by Crippen LogP contribution is 2.22. The zero-order valence-corrected chi connectivity index (χ0v) is 21.5. The van der Waals surface area contributed by atoms with Crippen LogP contribution in [0.25, 0.3) is 0 Å². The summed E-state index contributed by atoms with van der Waals surface area (Å²) >= 11 is 0. The van der Waals surface area contributed by atoms with Crippen LogP contribution in [0.2, 0.25) is 0 Å². The molecule has 0 unspecified atom stereocenters. The highest BCUT2D eigenvalue weighted by atomic mass is 127. The average Bonchev–Trinajstić information content (AvgIpc) is 3.23. The van der Waals surface area contributed by atoms with Gasteiger partial charge in [0.2, 0.25) is 0 Å². The van der Waals surface area contributed by atoms with E-state index in [1.165, 1.54) is 5.56 Å². The summed E-state index contributed by atoms with van der Waals surface area (Å²) in [6.07, 6.45) is 3.27. The molecule has 0 spiro atoms. The molecular formula is C24H33IN6O. The van der Waals surface area contributed by atoms with Crippen molar-refractivity contribution < 1.29 is 4.74 Å². The van der Waals surface area contributed by atoms with E-state index < -0.39 is 0 Å². The number of aliphatic imine (C=N–C) groups is 1. The number of ether oxygens (including phenoxy) is 1. The van der Waals surface area contributed by atoms with E-state index in [1.807, 2.05) is 22.9 Å². The van der Waals surface area contributed by atoms with Crippen LogP contribution >= 0.6 is 24.0 Å². The molecule has 0 aliphatic carbocycles. The van der Waals surface area contributed by atoms with Crippen LogP contribution < -0.4 is 15.4 Å². The largest absolute Gasteiger partial charge is 0.488 e. The van der Waals surface area contributed by atoms with Crippen molar-refractivity contribution in [3.8, 4) is 5.75 Å². The number of nitrogens with one attached hydrogen (secondary N) is 2. The standard InChI is InChI=1S/C24H32N6O.HI/c1-5-26-23(28-15-21-11-6-7-12-22(21)31-24(2,3)4)27-14-19-9-8-10-20(13-19)16-30-18-25-17-29-30;/h6-13,17-18H,5,14-16H2,1-4H3,(H2,26,27,28);1H. The Bertz CT molecular complexity index is 982. The second-order valence-electron chi connectivity index (χ2n) is 8.28. The average molecular weight is 548 g/mol. The smallest absolute Gasteiger partial charge is 0.191 e. The SMILES string of the molecule is CCNC(=NCc1cccc(Cn2cncn2)c1)NCc1ccccc1OC(C)(C)C.I. The van der Waals surface area contributed by atoms with Gasteiger partial charge in [0.25, 0.3) is 0 Å². The monoisotopic (exact) mass is 548 g/mol. The van der Waals surface area contributed by atoms with E-state index >= 15 is 0 Å². The van der Waals surface area contributed by atoms with Gasteiger partial charge in [0.05, 0.1) is 13.1 Å². The molecule has 0 bridgehead atoms. The third-order valence-corrected chi connectivity index (χ3v) is 4.40. The van der Waals surface area contributed by atoms with Crippen LogP contribution in [-0.4, -0.2) is 32.9 Å². The predicted octanol–water partition coefficient (Wildman–Crippen LogP) is 4.38. The summed E-state index contributed by atoms with van der Waals surface area (Å²) in [7, 11) is 0. The Morgan fingerprint density at radius 2 is 1.84 bits per heavy atom. The number of aromatic nitrogens is 3. The van der Waals surface area contributed by atoms with Crippen molar-refractivity contribution in [3.05, 3.63) is 77.9 Å². The minimum absolute atomic E-state index is 0. The molecule has 0 aliphatic heterocycles.